The normalized spacial score (nSPS) is 25.2. The fourth-order valence-electron chi connectivity index (χ4n) is 4.89. The van der Waals surface area contributed by atoms with Gasteiger partial charge in [0.25, 0.3) is 0 Å². The van der Waals surface area contributed by atoms with Crippen molar-refractivity contribution in [2.45, 2.75) is 64.3 Å². The first-order valence-corrected chi connectivity index (χ1v) is 12.4. The van der Waals surface area contributed by atoms with Crippen molar-refractivity contribution < 1.29 is 13.2 Å². The van der Waals surface area contributed by atoms with E-state index in [1.165, 1.54) is 6.42 Å². The summed E-state index contributed by atoms with van der Waals surface area (Å²) in [4.78, 5) is 16.7. The lowest BCUT2D eigenvalue weighted by atomic mass is 9.92. The van der Waals surface area contributed by atoms with Crippen molar-refractivity contribution in [1.29, 1.82) is 0 Å². The second-order valence-corrected chi connectivity index (χ2v) is 10.7. The number of sulfonamides is 1. The molecule has 3 atom stereocenters. The van der Waals surface area contributed by atoms with Gasteiger partial charge in [-0.15, -0.1) is 0 Å². The summed E-state index contributed by atoms with van der Waals surface area (Å²) in [6.45, 7) is 12.0. The highest BCUT2D eigenvalue weighted by molar-refractivity contribution is 7.89. The molecule has 0 unspecified atom stereocenters. The number of hydrogen-bond donors (Lipinski definition) is 1. The number of nitrogens with one attached hydrogen (secondary N) is 1. The van der Waals surface area contributed by atoms with E-state index in [4.69, 9.17) is 0 Å². The molecular formula is C22H35N3O3S. The maximum absolute atomic E-state index is 12.7. The Morgan fingerprint density at radius 2 is 1.86 bits per heavy atom. The maximum Gasteiger partial charge on any atom is 0.240 e. The van der Waals surface area contributed by atoms with Crippen LogP contribution >= 0.6 is 0 Å². The third kappa shape index (κ3) is 5.19. The van der Waals surface area contributed by atoms with Crippen molar-refractivity contribution in [1.82, 2.24) is 9.62 Å². The zero-order valence-corrected chi connectivity index (χ0v) is 19.0. The molecule has 1 saturated heterocycles. The van der Waals surface area contributed by atoms with Gasteiger partial charge >= 0.3 is 0 Å². The number of piperidine rings is 1. The Morgan fingerprint density at radius 1 is 1.17 bits per heavy atom. The van der Waals surface area contributed by atoms with Gasteiger partial charge < -0.3 is 9.80 Å². The molecule has 0 saturated carbocycles. The molecule has 0 aliphatic carbocycles. The van der Waals surface area contributed by atoms with E-state index in [2.05, 4.69) is 23.5 Å². The third-order valence-corrected chi connectivity index (χ3v) is 7.49. The second kappa shape index (κ2) is 9.14. The first-order valence-electron chi connectivity index (χ1n) is 10.9. The van der Waals surface area contributed by atoms with Gasteiger partial charge in [0.1, 0.15) is 0 Å². The van der Waals surface area contributed by atoms with Crippen LogP contribution in [0.5, 0.6) is 0 Å². The SMILES string of the molecule is CCC(=O)N1c2ccc(S(=O)(=O)NCCCN3C[C@H](C)C[C@H](C)C3)cc2C[C@@H]1C. The maximum atomic E-state index is 12.7. The quantitative estimate of drug-likeness (QED) is 0.687. The van der Waals surface area contributed by atoms with Gasteiger partial charge in [0.2, 0.25) is 15.9 Å². The van der Waals surface area contributed by atoms with Gasteiger partial charge in [0, 0.05) is 37.8 Å². The van der Waals surface area contributed by atoms with Crippen molar-refractivity contribution in [2.24, 2.45) is 11.8 Å². The smallest absolute Gasteiger partial charge is 0.240 e. The van der Waals surface area contributed by atoms with Crippen molar-refractivity contribution in [3.05, 3.63) is 23.8 Å². The zero-order chi connectivity index (χ0) is 21.2. The number of nitrogens with zero attached hydrogens (tertiary/aromatic N) is 2. The van der Waals surface area contributed by atoms with Gasteiger partial charge in [-0.25, -0.2) is 13.1 Å². The summed E-state index contributed by atoms with van der Waals surface area (Å²) in [5.41, 5.74) is 1.77. The van der Waals surface area contributed by atoms with Gasteiger partial charge in [-0.2, -0.15) is 0 Å². The van der Waals surface area contributed by atoms with E-state index >= 15 is 0 Å². The summed E-state index contributed by atoms with van der Waals surface area (Å²) in [6.07, 6.45) is 3.22. The number of amides is 1. The number of rotatable bonds is 7. The predicted octanol–water partition coefficient (Wildman–Crippen LogP) is 3.02. The minimum absolute atomic E-state index is 0.0673. The molecule has 2 heterocycles. The fourth-order valence-corrected chi connectivity index (χ4v) is 6.02. The summed E-state index contributed by atoms with van der Waals surface area (Å²) in [5.74, 6) is 1.50. The van der Waals surface area contributed by atoms with Gasteiger partial charge in [-0.05, 0) is 68.3 Å². The van der Waals surface area contributed by atoms with Crippen LogP contribution in [0.4, 0.5) is 5.69 Å². The molecular weight excluding hydrogens is 386 g/mol. The Bertz CT molecular complexity index is 830. The molecule has 1 aromatic carbocycles. The molecule has 0 radical (unpaired) electrons. The molecule has 0 bridgehead atoms. The molecule has 1 N–H and O–H groups in total. The number of benzene rings is 1. The molecule has 0 spiro atoms. The topological polar surface area (TPSA) is 69.7 Å². The van der Waals surface area contributed by atoms with Gasteiger partial charge in [-0.1, -0.05) is 20.8 Å². The van der Waals surface area contributed by atoms with Crippen molar-refractivity contribution in [3.8, 4) is 0 Å². The monoisotopic (exact) mass is 421 g/mol. The summed E-state index contributed by atoms with van der Waals surface area (Å²) >= 11 is 0. The summed E-state index contributed by atoms with van der Waals surface area (Å²) in [7, 11) is -3.54. The van der Waals surface area contributed by atoms with Crippen LogP contribution in [0.2, 0.25) is 0 Å². The van der Waals surface area contributed by atoms with E-state index in [9.17, 15) is 13.2 Å². The van der Waals surface area contributed by atoms with Crippen molar-refractivity contribution in [2.75, 3.05) is 31.1 Å². The van der Waals surface area contributed by atoms with Crippen LogP contribution in [0.1, 0.15) is 52.5 Å². The number of anilines is 1. The number of hydrogen-bond acceptors (Lipinski definition) is 4. The minimum atomic E-state index is -3.54. The standard InChI is InChI=1S/C22H35N3O3S/c1-5-22(26)25-18(4)12-19-13-20(7-8-21(19)25)29(27,28)23-9-6-10-24-14-16(2)11-17(3)15-24/h7-8,13,16-18,23H,5-6,9-12,14-15H2,1-4H3/t16-,17+,18-/m0/s1. The molecule has 1 aromatic rings. The molecule has 162 valence electrons. The Labute approximate surface area is 175 Å². The Hall–Kier alpha value is -1.44. The Morgan fingerprint density at radius 3 is 2.52 bits per heavy atom. The van der Waals surface area contributed by atoms with Crippen molar-refractivity contribution in [3.63, 3.8) is 0 Å². The van der Waals surface area contributed by atoms with Crippen LogP contribution in [0, 0.1) is 11.8 Å². The Balaban J connectivity index is 1.58. The van der Waals surface area contributed by atoms with E-state index in [0.29, 0.717) is 31.2 Å². The van der Waals surface area contributed by atoms with E-state index < -0.39 is 10.0 Å². The molecule has 0 aromatic heterocycles. The predicted molar refractivity (Wildman–Crippen MR) is 117 cm³/mol. The highest BCUT2D eigenvalue weighted by Crippen LogP contribution is 2.34. The molecule has 1 fully saturated rings. The molecule has 6 nitrogen and oxygen atoms in total. The zero-order valence-electron chi connectivity index (χ0n) is 18.1. The average molecular weight is 422 g/mol. The number of carbonyl (C=O) groups excluding carboxylic acids is 1. The lowest BCUT2D eigenvalue weighted by Crippen LogP contribution is -2.40. The van der Waals surface area contributed by atoms with E-state index in [1.54, 1.807) is 23.1 Å². The first kappa shape index (κ1) is 22.2. The van der Waals surface area contributed by atoms with E-state index in [1.807, 2.05) is 13.8 Å². The summed E-state index contributed by atoms with van der Waals surface area (Å²) < 4.78 is 28.2. The number of likely N-dealkylation sites (tertiary alicyclic amines) is 1. The Kier molecular flexibility index (Phi) is 7.02. The van der Waals surface area contributed by atoms with Crippen LogP contribution < -0.4 is 9.62 Å². The van der Waals surface area contributed by atoms with Crippen LogP contribution in [0.15, 0.2) is 23.1 Å². The van der Waals surface area contributed by atoms with Crippen LogP contribution in [0.25, 0.3) is 0 Å². The average Bonchev–Trinajstić information content (AvgIpc) is 2.99. The minimum Gasteiger partial charge on any atom is -0.309 e. The molecule has 2 aliphatic heterocycles. The first-order chi connectivity index (χ1) is 13.7. The van der Waals surface area contributed by atoms with E-state index in [-0.39, 0.29) is 16.8 Å². The highest BCUT2D eigenvalue weighted by Gasteiger charge is 2.31. The number of fused-ring (bicyclic) bond motifs is 1. The lowest BCUT2D eigenvalue weighted by molar-refractivity contribution is -0.118. The molecule has 7 heteroatoms. The largest absolute Gasteiger partial charge is 0.309 e. The van der Waals surface area contributed by atoms with Gasteiger partial charge in [0.15, 0.2) is 0 Å². The van der Waals surface area contributed by atoms with Crippen LogP contribution in [0.3, 0.4) is 0 Å². The van der Waals surface area contributed by atoms with Crippen molar-refractivity contribution >= 4 is 21.6 Å². The van der Waals surface area contributed by atoms with Gasteiger partial charge in [0.05, 0.1) is 4.90 Å². The second-order valence-electron chi connectivity index (χ2n) is 8.92. The lowest BCUT2D eigenvalue weighted by Gasteiger charge is -2.34. The van der Waals surface area contributed by atoms with Gasteiger partial charge in [-0.3, -0.25) is 4.79 Å². The number of carbonyl (C=O) groups is 1. The van der Waals surface area contributed by atoms with Crippen LogP contribution in [-0.2, 0) is 21.2 Å². The summed E-state index contributed by atoms with van der Waals surface area (Å²) in [6, 6.07) is 5.18. The molecule has 3 rings (SSSR count). The third-order valence-electron chi connectivity index (χ3n) is 6.04. The fraction of sp³-hybridized carbons (Fsp3) is 0.682. The summed E-state index contributed by atoms with van der Waals surface area (Å²) in [5, 5.41) is 0. The highest BCUT2D eigenvalue weighted by atomic mass is 32.2. The molecule has 1 amide bonds. The molecule has 29 heavy (non-hydrogen) atoms. The molecule has 2 aliphatic rings. The van der Waals surface area contributed by atoms with E-state index in [0.717, 1.165) is 37.3 Å². The van der Waals surface area contributed by atoms with Crippen LogP contribution in [-0.4, -0.2) is 51.4 Å².